The van der Waals surface area contributed by atoms with Crippen molar-refractivity contribution in [1.29, 1.82) is 0 Å². The second-order valence-electron chi connectivity index (χ2n) is 7.65. The van der Waals surface area contributed by atoms with Gasteiger partial charge in [0.15, 0.2) is 0 Å². The molecule has 0 atom stereocenters. The topological polar surface area (TPSA) is 88.0 Å². The highest BCUT2D eigenvalue weighted by atomic mass is 16.2. The van der Waals surface area contributed by atoms with Crippen LogP contribution in [-0.4, -0.2) is 50.2 Å². The van der Waals surface area contributed by atoms with E-state index in [4.69, 9.17) is 4.98 Å². The second-order valence-corrected chi connectivity index (χ2v) is 7.65. The summed E-state index contributed by atoms with van der Waals surface area (Å²) >= 11 is 0. The fourth-order valence-electron chi connectivity index (χ4n) is 3.72. The Kier molecular flexibility index (Phi) is 6.04. The van der Waals surface area contributed by atoms with E-state index >= 15 is 0 Å². The molecule has 0 radical (unpaired) electrons. The molecule has 3 aromatic rings. The van der Waals surface area contributed by atoms with E-state index in [0.29, 0.717) is 12.5 Å². The molecule has 0 saturated carbocycles. The van der Waals surface area contributed by atoms with Crippen LogP contribution in [0.5, 0.6) is 0 Å². The number of aryl methyl sites for hydroxylation is 1. The minimum Gasteiger partial charge on any atom is -0.325 e. The number of hydrogen-bond donors (Lipinski definition) is 2. The monoisotopic (exact) mass is 405 g/mol. The molecule has 0 aliphatic carbocycles. The Bertz CT molecular complexity index is 994. The third kappa shape index (κ3) is 4.83. The third-order valence-corrected chi connectivity index (χ3v) is 5.57. The fourth-order valence-corrected chi connectivity index (χ4v) is 3.72. The molecule has 1 saturated heterocycles. The van der Waals surface area contributed by atoms with Crippen LogP contribution in [0.4, 0.5) is 17.3 Å². The summed E-state index contributed by atoms with van der Waals surface area (Å²) in [5, 5.41) is 10.4. The van der Waals surface area contributed by atoms with Gasteiger partial charge < -0.3 is 10.6 Å². The van der Waals surface area contributed by atoms with E-state index in [2.05, 4.69) is 31.7 Å². The van der Waals surface area contributed by atoms with E-state index in [1.54, 1.807) is 17.1 Å². The van der Waals surface area contributed by atoms with E-state index < -0.39 is 0 Å². The van der Waals surface area contributed by atoms with Gasteiger partial charge in [0.1, 0.15) is 11.6 Å². The lowest BCUT2D eigenvalue weighted by Gasteiger charge is -2.31. The first-order valence-corrected chi connectivity index (χ1v) is 10.2. The predicted molar refractivity (Wildman–Crippen MR) is 117 cm³/mol. The first-order valence-electron chi connectivity index (χ1n) is 10.2. The number of hydrogen-bond acceptors (Lipinski definition) is 6. The third-order valence-electron chi connectivity index (χ3n) is 5.57. The van der Waals surface area contributed by atoms with Crippen LogP contribution in [0, 0.1) is 6.92 Å². The number of aromatic nitrogens is 4. The highest BCUT2D eigenvalue weighted by molar-refractivity contribution is 5.92. The second kappa shape index (κ2) is 9.04. The maximum absolute atomic E-state index is 12.4. The molecular formula is C22H27N7O. The van der Waals surface area contributed by atoms with Crippen molar-refractivity contribution < 1.29 is 4.79 Å². The van der Waals surface area contributed by atoms with E-state index in [1.165, 1.54) is 0 Å². The van der Waals surface area contributed by atoms with Crippen LogP contribution >= 0.6 is 0 Å². The molecule has 0 unspecified atom stereocenters. The van der Waals surface area contributed by atoms with Crippen molar-refractivity contribution in [2.24, 2.45) is 7.05 Å². The molecule has 0 spiro atoms. The number of nitrogens with one attached hydrogen (secondary N) is 2. The van der Waals surface area contributed by atoms with Gasteiger partial charge in [0.2, 0.25) is 5.91 Å². The van der Waals surface area contributed by atoms with Crippen LogP contribution in [-0.2, 0) is 11.8 Å². The number of anilines is 3. The molecule has 1 amide bonds. The molecule has 1 aliphatic heterocycles. The van der Waals surface area contributed by atoms with E-state index in [-0.39, 0.29) is 5.91 Å². The van der Waals surface area contributed by atoms with Crippen molar-refractivity contribution in [3.8, 4) is 0 Å². The van der Waals surface area contributed by atoms with Crippen molar-refractivity contribution in [3.05, 3.63) is 60.2 Å². The average molecular weight is 406 g/mol. The summed E-state index contributed by atoms with van der Waals surface area (Å²) < 4.78 is 1.75. The van der Waals surface area contributed by atoms with Gasteiger partial charge in [-0.1, -0.05) is 12.1 Å². The van der Waals surface area contributed by atoms with Gasteiger partial charge in [-0.25, -0.2) is 9.97 Å². The molecule has 2 N–H and O–H groups in total. The Balaban J connectivity index is 1.29. The molecule has 0 bridgehead atoms. The van der Waals surface area contributed by atoms with Gasteiger partial charge in [0, 0.05) is 24.9 Å². The van der Waals surface area contributed by atoms with Gasteiger partial charge >= 0.3 is 0 Å². The van der Waals surface area contributed by atoms with Crippen molar-refractivity contribution in [2.45, 2.75) is 25.7 Å². The zero-order valence-electron chi connectivity index (χ0n) is 17.4. The highest BCUT2D eigenvalue weighted by Gasteiger charge is 2.23. The number of piperidine rings is 1. The van der Waals surface area contributed by atoms with Crippen molar-refractivity contribution in [3.63, 3.8) is 0 Å². The van der Waals surface area contributed by atoms with Crippen molar-refractivity contribution in [1.82, 2.24) is 24.6 Å². The van der Waals surface area contributed by atoms with Gasteiger partial charge in [-0.3, -0.25) is 14.4 Å². The normalized spacial score (nSPS) is 15.1. The summed E-state index contributed by atoms with van der Waals surface area (Å²) in [6.45, 7) is 4.10. The number of rotatable bonds is 6. The number of likely N-dealkylation sites (tertiary alicyclic amines) is 1. The Labute approximate surface area is 176 Å². The molecule has 8 nitrogen and oxygen atoms in total. The Morgan fingerprint density at radius 1 is 1.13 bits per heavy atom. The molecule has 4 heterocycles. The van der Waals surface area contributed by atoms with Gasteiger partial charge in [-0.2, -0.15) is 5.10 Å². The molecule has 156 valence electrons. The van der Waals surface area contributed by atoms with E-state index in [1.807, 2.05) is 44.3 Å². The quantitative estimate of drug-likeness (QED) is 0.655. The number of amides is 1. The maximum atomic E-state index is 12.4. The van der Waals surface area contributed by atoms with Gasteiger partial charge in [0.05, 0.1) is 24.1 Å². The molecule has 1 aliphatic rings. The predicted octanol–water partition coefficient (Wildman–Crippen LogP) is 3.08. The number of nitrogens with zero attached hydrogens (tertiary/aromatic N) is 5. The molecule has 3 aromatic heterocycles. The maximum Gasteiger partial charge on any atom is 0.238 e. The zero-order chi connectivity index (χ0) is 20.9. The van der Waals surface area contributed by atoms with Crippen molar-refractivity contribution in [2.75, 3.05) is 30.3 Å². The summed E-state index contributed by atoms with van der Waals surface area (Å²) in [6, 6.07) is 11.8. The first kappa shape index (κ1) is 20.0. The molecular weight excluding hydrogens is 378 g/mol. The smallest absolute Gasteiger partial charge is 0.238 e. The van der Waals surface area contributed by atoms with Crippen LogP contribution in [0.1, 0.15) is 30.1 Å². The lowest BCUT2D eigenvalue weighted by Crippen LogP contribution is -2.38. The Hall–Kier alpha value is -3.26. The van der Waals surface area contributed by atoms with Crippen molar-refractivity contribution >= 4 is 23.2 Å². The summed E-state index contributed by atoms with van der Waals surface area (Å²) in [5.41, 5.74) is 2.82. The SMILES string of the molecule is Cc1c(NC(=O)CN2CCC(c3cccc(Nc4ccccn4)n3)CC2)cnn1C. The van der Waals surface area contributed by atoms with Crippen LogP contribution < -0.4 is 10.6 Å². The zero-order valence-corrected chi connectivity index (χ0v) is 17.4. The molecule has 1 fully saturated rings. The fraction of sp³-hybridized carbons (Fsp3) is 0.364. The van der Waals surface area contributed by atoms with Gasteiger partial charge in [0.25, 0.3) is 0 Å². The average Bonchev–Trinajstić information content (AvgIpc) is 3.07. The van der Waals surface area contributed by atoms with Gasteiger partial charge in [-0.15, -0.1) is 0 Å². The van der Waals surface area contributed by atoms with E-state index in [0.717, 1.165) is 54.6 Å². The standard InChI is InChI=1S/C22H27N7O/c1-16-19(14-24-28(16)2)26-22(30)15-29-12-9-17(10-13-29)18-6-5-8-21(25-18)27-20-7-3-4-11-23-20/h3-8,11,14,17H,9-10,12-13,15H2,1-2H3,(H,26,30)(H,23,25,27). The largest absolute Gasteiger partial charge is 0.325 e. The number of pyridine rings is 2. The highest BCUT2D eigenvalue weighted by Crippen LogP contribution is 2.28. The minimum absolute atomic E-state index is 0.00392. The van der Waals surface area contributed by atoms with Crippen LogP contribution in [0.25, 0.3) is 0 Å². The number of carbonyl (C=O) groups is 1. The summed E-state index contributed by atoms with van der Waals surface area (Å²) in [6.07, 6.45) is 5.42. The Morgan fingerprint density at radius 3 is 2.63 bits per heavy atom. The molecule has 8 heteroatoms. The molecule has 30 heavy (non-hydrogen) atoms. The summed E-state index contributed by atoms with van der Waals surface area (Å²) in [5.74, 6) is 1.99. The minimum atomic E-state index is 0.00392. The lowest BCUT2D eigenvalue weighted by atomic mass is 9.93. The van der Waals surface area contributed by atoms with E-state index in [9.17, 15) is 4.79 Å². The summed E-state index contributed by atoms with van der Waals surface area (Å²) in [7, 11) is 1.87. The Morgan fingerprint density at radius 2 is 1.93 bits per heavy atom. The van der Waals surface area contributed by atoms with Gasteiger partial charge in [-0.05, 0) is 57.1 Å². The lowest BCUT2D eigenvalue weighted by molar-refractivity contribution is -0.117. The number of carbonyl (C=O) groups excluding carboxylic acids is 1. The van der Waals surface area contributed by atoms with Crippen LogP contribution in [0.15, 0.2) is 48.8 Å². The summed E-state index contributed by atoms with van der Waals surface area (Å²) in [4.78, 5) is 23.7. The van der Waals surface area contributed by atoms with Crippen LogP contribution in [0.2, 0.25) is 0 Å². The molecule has 4 rings (SSSR count). The van der Waals surface area contributed by atoms with Crippen LogP contribution in [0.3, 0.4) is 0 Å². The molecule has 0 aromatic carbocycles. The first-order chi connectivity index (χ1) is 14.6.